The fourth-order valence-electron chi connectivity index (χ4n) is 2.53. The summed E-state index contributed by atoms with van der Waals surface area (Å²) in [6.07, 6.45) is 0.585. The molecule has 1 N–H and O–H groups in total. The molecule has 0 spiro atoms. The Morgan fingerprint density at radius 2 is 1.77 bits per heavy atom. The molecule has 0 atom stereocenters. The Hall–Kier alpha value is -2.75. The van der Waals surface area contributed by atoms with Gasteiger partial charge in [-0.2, -0.15) is 0 Å². The largest absolute Gasteiger partial charge is 0.497 e. The van der Waals surface area contributed by atoms with Gasteiger partial charge in [0.25, 0.3) is 5.56 Å². The minimum Gasteiger partial charge on any atom is -0.497 e. The molecule has 22 heavy (non-hydrogen) atoms. The molecule has 0 radical (unpaired) electrons. The van der Waals surface area contributed by atoms with Crippen molar-refractivity contribution in [3.05, 3.63) is 70.0 Å². The molecule has 0 amide bonds. The summed E-state index contributed by atoms with van der Waals surface area (Å²) in [6, 6.07) is 15.4. The number of aromatic nitrogens is 1. The van der Waals surface area contributed by atoms with Crippen molar-refractivity contribution in [1.82, 2.24) is 4.98 Å². The second-order valence-electron chi connectivity index (χ2n) is 5.08. The van der Waals surface area contributed by atoms with Crippen molar-refractivity contribution in [3.63, 3.8) is 0 Å². The van der Waals surface area contributed by atoms with E-state index < -0.39 is 0 Å². The van der Waals surface area contributed by atoms with Crippen LogP contribution in [0.25, 0.3) is 10.9 Å². The number of benzene rings is 2. The zero-order valence-corrected chi connectivity index (χ0v) is 12.6. The molecule has 0 aliphatic carbocycles. The van der Waals surface area contributed by atoms with Gasteiger partial charge in [-0.05, 0) is 11.6 Å². The zero-order valence-electron chi connectivity index (χ0n) is 12.6. The van der Waals surface area contributed by atoms with Gasteiger partial charge in [-0.25, -0.2) is 0 Å². The molecule has 1 heterocycles. The van der Waals surface area contributed by atoms with Crippen LogP contribution in [0.1, 0.15) is 11.1 Å². The Bertz CT molecular complexity index is 853. The minimum atomic E-state index is -0.0911. The molecule has 112 valence electrons. The number of H-pyrrole nitrogens is 1. The lowest BCUT2D eigenvalue weighted by Gasteiger charge is -2.10. The van der Waals surface area contributed by atoms with Crippen molar-refractivity contribution in [3.8, 4) is 11.5 Å². The van der Waals surface area contributed by atoms with Gasteiger partial charge in [0.15, 0.2) is 0 Å². The Balaban J connectivity index is 2.13. The molecule has 0 saturated carbocycles. The number of nitrogens with one attached hydrogen (secondary N) is 1. The van der Waals surface area contributed by atoms with Gasteiger partial charge in [0.05, 0.1) is 19.7 Å². The average Bonchev–Trinajstić information content (AvgIpc) is 2.55. The first-order valence-electron chi connectivity index (χ1n) is 7.03. The first-order valence-corrected chi connectivity index (χ1v) is 7.03. The minimum absolute atomic E-state index is 0.0911. The normalized spacial score (nSPS) is 10.6. The molecule has 4 nitrogen and oxygen atoms in total. The van der Waals surface area contributed by atoms with Crippen LogP contribution in [0.5, 0.6) is 11.5 Å². The van der Waals surface area contributed by atoms with Crippen molar-refractivity contribution < 1.29 is 9.47 Å². The predicted molar refractivity (Wildman–Crippen MR) is 86.9 cm³/mol. The van der Waals surface area contributed by atoms with Crippen LogP contribution < -0.4 is 15.0 Å². The highest BCUT2D eigenvalue weighted by atomic mass is 16.5. The van der Waals surface area contributed by atoms with Crippen LogP contribution in [0.2, 0.25) is 0 Å². The van der Waals surface area contributed by atoms with Crippen molar-refractivity contribution in [2.75, 3.05) is 14.2 Å². The third kappa shape index (κ3) is 2.68. The van der Waals surface area contributed by atoms with Gasteiger partial charge in [-0.15, -0.1) is 0 Å². The van der Waals surface area contributed by atoms with Crippen LogP contribution in [-0.2, 0) is 6.42 Å². The number of pyridine rings is 1. The van der Waals surface area contributed by atoms with E-state index in [1.165, 1.54) is 0 Å². The van der Waals surface area contributed by atoms with Crippen molar-refractivity contribution in [2.45, 2.75) is 6.42 Å². The van der Waals surface area contributed by atoms with E-state index in [-0.39, 0.29) is 5.56 Å². The standard InChI is InChI=1S/C18H17NO3/c1-21-14-10-16-15(17(11-14)22-2)9-13(18(20)19-16)8-12-6-4-3-5-7-12/h3-7,9-11H,8H2,1-2H3,(H,19,20). The maximum absolute atomic E-state index is 12.3. The average molecular weight is 295 g/mol. The van der Waals surface area contributed by atoms with Crippen LogP contribution in [-0.4, -0.2) is 19.2 Å². The van der Waals surface area contributed by atoms with E-state index in [2.05, 4.69) is 4.98 Å². The topological polar surface area (TPSA) is 51.3 Å². The van der Waals surface area contributed by atoms with Gasteiger partial charge >= 0.3 is 0 Å². The molecule has 3 rings (SSSR count). The summed E-state index contributed by atoms with van der Waals surface area (Å²) in [6.45, 7) is 0. The maximum atomic E-state index is 12.3. The van der Waals surface area contributed by atoms with E-state index in [9.17, 15) is 4.79 Å². The van der Waals surface area contributed by atoms with E-state index in [0.717, 1.165) is 10.9 Å². The van der Waals surface area contributed by atoms with Gasteiger partial charge in [-0.1, -0.05) is 30.3 Å². The number of hydrogen-bond donors (Lipinski definition) is 1. The summed E-state index contributed by atoms with van der Waals surface area (Å²) in [5, 5.41) is 0.869. The number of aromatic amines is 1. The summed E-state index contributed by atoms with van der Waals surface area (Å²) in [5.41, 5.74) is 2.42. The highest BCUT2D eigenvalue weighted by Crippen LogP contribution is 2.30. The van der Waals surface area contributed by atoms with Crippen molar-refractivity contribution in [2.24, 2.45) is 0 Å². The molecular weight excluding hydrogens is 278 g/mol. The Kier molecular flexibility index (Phi) is 3.83. The summed E-state index contributed by atoms with van der Waals surface area (Å²) in [4.78, 5) is 15.2. The lowest BCUT2D eigenvalue weighted by Crippen LogP contribution is -2.13. The van der Waals surface area contributed by atoms with Gasteiger partial charge in [0.1, 0.15) is 11.5 Å². The molecule has 0 fully saturated rings. The van der Waals surface area contributed by atoms with Crippen LogP contribution in [0.15, 0.2) is 53.3 Å². The van der Waals surface area contributed by atoms with Crippen LogP contribution in [0.4, 0.5) is 0 Å². The third-order valence-corrected chi connectivity index (χ3v) is 3.67. The molecule has 1 aromatic heterocycles. The fraction of sp³-hybridized carbons (Fsp3) is 0.167. The van der Waals surface area contributed by atoms with Crippen LogP contribution in [0, 0.1) is 0 Å². The van der Waals surface area contributed by atoms with Gasteiger partial charge in [0.2, 0.25) is 0 Å². The molecule has 0 bridgehead atoms. The quantitative estimate of drug-likeness (QED) is 0.804. The Morgan fingerprint density at radius 1 is 1.00 bits per heavy atom. The van der Waals surface area contributed by atoms with Gasteiger partial charge in [0, 0.05) is 29.5 Å². The van der Waals surface area contributed by atoms with Crippen LogP contribution in [0.3, 0.4) is 0 Å². The molecule has 0 saturated heterocycles. The highest BCUT2D eigenvalue weighted by molar-refractivity contribution is 5.87. The molecule has 0 aliphatic rings. The molecule has 0 unspecified atom stereocenters. The highest BCUT2D eigenvalue weighted by Gasteiger charge is 2.10. The van der Waals surface area contributed by atoms with Crippen molar-refractivity contribution >= 4 is 10.9 Å². The molecule has 3 aromatic rings. The van der Waals surface area contributed by atoms with Crippen molar-refractivity contribution in [1.29, 1.82) is 0 Å². The zero-order chi connectivity index (χ0) is 15.5. The second kappa shape index (κ2) is 5.93. The van der Waals surface area contributed by atoms with E-state index >= 15 is 0 Å². The number of ether oxygens (including phenoxy) is 2. The number of rotatable bonds is 4. The van der Waals surface area contributed by atoms with E-state index in [1.54, 1.807) is 20.3 Å². The lowest BCUT2D eigenvalue weighted by molar-refractivity contribution is 0.398. The molecule has 4 heteroatoms. The van der Waals surface area contributed by atoms with Gasteiger partial charge < -0.3 is 14.5 Å². The Labute approximate surface area is 128 Å². The monoisotopic (exact) mass is 295 g/mol. The van der Waals surface area contributed by atoms with Gasteiger partial charge in [-0.3, -0.25) is 4.79 Å². The SMILES string of the molecule is COc1cc(OC)c2cc(Cc3ccccc3)c(=O)[nH]c2c1. The lowest BCUT2D eigenvalue weighted by atomic mass is 10.0. The Morgan fingerprint density at radius 3 is 2.45 bits per heavy atom. The summed E-state index contributed by atoms with van der Waals surface area (Å²) in [5.74, 6) is 1.33. The number of hydrogen-bond acceptors (Lipinski definition) is 3. The number of fused-ring (bicyclic) bond motifs is 1. The fourth-order valence-corrected chi connectivity index (χ4v) is 2.53. The summed E-state index contributed by atoms with van der Waals surface area (Å²) >= 11 is 0. The van der Waals surface area contributed by atoms with Crippen LogP contribution >= 0.6 is 0 Å². The number of methoxy groups -OCH3 is 2. The second-order valence-corrected chi connectivity index (χ2v) is 5.08. The molecule has 0 aliphatic heterocycles. The molecular formula is C18H17NO3. The van der Waals surface area contributed by atoms with E-state index in [0.29, 0.717) is 29.0 Å². The van der Waals surface area contributed by atoms with E-state index in [1.807, 2.05) is 42.5 Å². The smallest absolute Gasteiger partial charge is 0.251 e. The predicted octanol–water partition coefficient (Wildman–Crippen LogP) is 3.14. The first-order chi connectivity index (χ1) is 10.7. The molecule has 2 aromatic carbocycles. The maximum Gasteiger partial charge on any atom is 0.251 e. The summed E-state index contributed by atoms with van der Waals surface area (Å²) in [7, 11) is 3.19. The first kappa shape index (κ1) is 14.2. The van der Waals surface area contributed by atoms with E-state index in [4.69, 9.17) is 9.47 Å². The summed E-state index contributed by atoms with van der Waals surface area (Å²) < 4.78 is 10.6. The third-order valence-electron chi connectivity index (χ3n) is 3.67.